The van der Waals surface area contributed by atoms with Gasteiger partial charge in [0.05, 0.1) is 35.1 Å². The number of hydrogen-bond donors (Lipinski definition) is 0. The summed E-state index contributed by atoms with van der Waals surface area (Å²) < 4.78 is 39.4. The Balaban J connectivity index is 1.59. The zero-order valence-electron chi connectivity index (χ0n) is 25.8. The topological polar surface area (TPSA) is 88.4 Å². The fraction of sp³-hybridized carbons (Fsp3) is 0.286. The number of benzene rings is 3. The van der Waals surface area contributed by atoms with Crippen LogP contribution in [0.15, 0.2) is 87.8 Å². The highest BCUT2D eigenvalue weighted by atomic mass is 32.1. The van der Waals surface area contributed by atoms with Crippen LogP contribution in [0.2, 0.25) is 0 Å². The fourth-order valence-electron chi connectivity index (χ4n) is 5.08. The summed E-state index contributed by atoms with van der Waals surface area (Å²) in [6.45, 7) is 9.78. The van der Waals surface area contributed by atoms with E-state index in [4.69, 9.17) is 18.9 Å². The Morgan fingerprint density at radius 1 is 1.00 bits per heavy atom. The molecule has 1 aromatic heterocycles. The molecule has 0 N–H and O–H groups in total. The van der Waals surface area contributed by atoms with Gasteiger partial charge < -0.3 is 18.9 Å². The number of ether oxygens (including phenoxy) is 4. The molecule has 1 aliphatic rings. The monoisotopic (exact) mass is 630 g/mol. The molecule has 3 aromatic carbocycles. The number of rotatable bonds is 11. The molecule has 8 nitrogen and oxygen atoms in total. The molecule has 0 unspecified atom stereocenters. The van der Waals surface area contributed by atoms with E-state index in [1.807, 2.05) is 45.0 Å². The summed E-state index contributed by atoms with van der Waals surface area (Å²) in [6.07, 6.45) is 1.63. The van der Waals surface area contributed by atoms with E-state index in [9.17, 15) is 14.0 Å². The summed E-state index contributed by atoms with van der Waals surface area (Å²) >= 11 is 1.23. The molecule has 1 aliphatic heterocycles. The van der Waals surface area contributed by atoms with Crippen LogP contribution < -0.4 is 29.1 Å². The summed E-state index contributed by atoms with van der Waals surface area (Å²) in [5.41, 5.74) is 2.23. The first kappa shape index (κ1) is 31.7. The van der Waals surface area contributed by atoms with Crippen LogP contribution in [0.4, 0.5) is 4.39 Å². The molecule has 0 radical (unpaired) electrons. The molecule has 45 heavy (non-hydrogen) atoms. The molecule has 0 bridgehead atoms. The van der Waals surface area contributed by atoms with Gasteiger partial charge in [0.1, 0.15) is 24.2 Å². The number of para-hydroxylation sites is 1. The van der Waals surface area contributed by atoms with Crippen LogP contribution in [0.3, 0.4) is 0 Å². The minimum atomic E-state index is -0.800. The summed E-state index contributed by atoms with van der Waals surface area (Å²) in [4.78, 5) is 32.5. The molecule has 0 aliphatic carbocycles. The van der Waals surface area contributed by atoms with Crippen molar-refractivity contribution >= 4 is 23.4 Å². The number of esters is 1. The van der Waals surface area contributed by atoms with Crippen molar-refractivity contribution in [3.8, 4) is 17.2 Å². The third-order valence-corrected chi connectivity index (χ3v) is 7.98. The van der Waals surface area contributed by atoms with Crippen molar-refractivity contribution in [1.29, 1.82) is 0 Å². The maximum absolute atomic E-state index is 14.1. The van der Waals surface area contributed by atoms with Gasteiger partial charge in [-0.1, -0.05) is 53.8 Å². The van der Waals surface area contributed by atoms with Gasteiger partial charge in [-0.2, -0.15) is 0 Å². The van der Waals surface area contributed by atoms with Crippen LogP contribution in [-0.4, -0.2) is 29.9 Å². The third kappa shape index (κ3) is 6.86. The van der Waals surface area contributed by atoms with Crippen molar-refractivity contribution in [3.63, 3.8) is 0 Å². The number of aromatic nitrogens is 1. The van der Waals surface area contributed by atoms with E-state index in [1.54, 1.807) is 56.3 Å². The number of thiazole rings is 1. The van der Waals surface area contributed by atoms with Gasteiger partial charge in [0.15, 0.2) is 16.3 Å². The first-order valence-corrected chi connectivity index (χ1v) is 15.6. The Morgan fingerprint density at radius 3 is 2.49 bits per heavy atom. The number of hydrogen-bond acceptors (Lipinski definition) is 8. The molecule has 2 heterocycles. The SMILES string of the molecule is CCOC(=O)C1=C(C)N=c2s/c(=C/c3ccc(OCc4ccccc4F)c(OCC)c3)c(=O)n2[C@H]1c1ccccc1OC(C)C. The largest absolute Gasteiger partial charge is 0.491 e. The summed E-state index contributed by atoms with van der Waals surface area (Å²) in [5.74, 6) is 0.602. The second kappa shape index (κ2) is 13.9. The number of halogens is 1. The van der Waals surface area contributed by atoms with Crippen LogP contribution >= 0.6 is 11.3 Å². The van der Waals surface area contributed by atoms with Gasteiger partial charge in [-0.25, -0.2) is 14.2 Å². The zero-order chi connectivity index (χ0) is 32.1. The average Bonchev–Trinajstić information content (AvgIpc) is 3.31. The fourth-order valence-corrected chi connectivity index (χ4v) is 6.12. The molecule has 5 rings (SSSR count). The van der Waals surface area contributed by atoms with Crippen LogP contribution in [0, 0.1) is 5.82 Å². The third-order valence-electron chi connectivity index (χ3n) is 7.00. The van der Waals surface area contributed by atoms with Crippen LogP contribution in [0.1, 0.15) is 57.4 Å². The normalized spacial score (nSPS) is 14.6. The first-order chi connectivity index (χ1) is 21.7. The molecule has 234 valence electrons. The van der Waals surface area contributed by atoms with Crippen LogP contribution in [0.25, 0.3) is 6.08 Å². The Hall–Kier alpha value is -4.70. The maximum Gasteiger partial charge on any atom is 0.338 e. The van der Waals surface area contributed by atoms with E-state index in [0.717, 1.165) is 0 Å². The summed E-state index contributed by atoms with van der Waals surface area (Å²) in [7, 11) is 0. The molecule has 0 amide bonds. The standard InChI is InChI=1S/C35H35FN2O6S/c1-6-41-29-18-23(16-17-28(29)43-20-24-12-8-10-14-26(24)36)19-30-33(39)38-32(25-13-9-11-15-27(25)44-21(3)4)31(34(40)42-7-2)22(5)37-35(38)45-30/h8-19,21,32H,6-7,20H2,1-5H3/b30-19+/t32-/m0/s1. The lowest BCUT2D eigenvalue weighted by Gasteiger charge is -2.26. The Labute approximate surface area is 264 Å². The smallest absolute Gasteiger partial charge is 0.338 e. The van der Waals surface area contributed by atoms with Crippen molar-refractivity contribution in [3.05, 3.63) is 120 Å². The van der Waals surface area contributed by atoms with E-state index in [2.05, 4.69) is 4.99 Å². The molecule has 0 saturated heterocycles. The van der Waals surface area contributed by atoms with E-state index >= 15 is 0 Å². The summed E-state index contributed by atoms with van der Waals surface area (Å²) in [6, 6.07) is 18.3. The highest BCUT2D eigenvalue weighted by Crippen LogP contribution is 2.36. The second-order valence-electron chi connectivity index (χ2n) is 10.5. The van der Waals surface area contributed by atoms with Crippen molar-refractivity contribution in [2.75, 3.05) is 13.2 Å². The minimum Gasteiger partial charge on any atom is -0.491 e. The minimum absolute atomic E-state index is 0.0365. The quantitative estimate of drug-likeness (QED) is 0.198. The van der Waals surface area contributed by atoms with E-state index in [1.165, 1.54) is 22.0 Å². The average molecular weight is 631 g/mol. The highest BCUT2D eigenvalue weighted by Gasteiger charge is 2.35. The van der Waals surface area contributed by atoms with Gasteiger partial charge >= 0.3 is 5.97 Å². The van der Waals surface area contributed by atoms with E-state index in [0.29, 0.717) is 55.6 Å². The lowest BCUT2D eigenvalue weighted by atomic mass is 9.95. The highest BCUT2D eigenvalue weighted by molar-refractivity contribution is 7.07. The molecule has 10 heteroatoms. The van der Waals surface area contributed by atoms with Crippen LogP contribution in [-0.2, 0) is 16.1 Å². The first-order valence-electron chi connectivity index (χ1n) is 14.8. The number of carbonyl (C=O) groups excluding carboxylic acids is 1. The molecule has 0 fully saturated rings. The van der Waals surface area contributed by atoms with Crippen molar-refractivity contribution in [1.82, 2.24) is 4.57 Å². The number of fused-ring (bicyclic) bond motifs is 1. The molecular weight excluding hydrogens is 595 g/mol. The Morgan fingerprint density at radius 2 is 1.76 bits per heavy atom. The Bertz CT molecular complexity index is 1930. The summed E-state index contributed by atoms with van der Waals surface area (Å²) in [5, 5.41) is 0. The molecule has 1 atom stereocenters. The van der Waals surface area contributed by atoms with Crippen molar-refractivity contribution in [2.45, 2.75) is 53.4 Å². The number of nitrogens with zero attached hydrogens (tertiary/aromatic N) is 2. The predicted molar refractivity (Wildman–Crippen MR) is 171 cm³/mol. The van der Waals surface area contributed by atoms with Crippen molar-refractivity contribution < 1.29 is 28.1 Å². The van der Waals surface area contributed by atoms with Gasteiger partial charge in [0.25, 0.3) is 5.56 Å². The maximum atomic E-state index is 14.1. The molecule has 0 spiro atoms. The molecule has 0 saturated carbocycles. The van der Waals surface area contributed by atoms with Gasteiger partial charge in [-0.05, 0) is 70.5 Å². The van der Waals surface area contributed by atoms with E-state index in [-0.39, 0.29) is 36.3 Å². The number of carbonyl (C=O) groups is 1. The predicted octanol–water partition coefficient (Wildman–Crippen LogP) is 5.70. The zero-order valence-corrected chi connectivity index (χ0v) is 26.7. The van der Waals surface area contributed by atoms with Gasteiger partial charge in [0, 0.05) is 11.1 Å². The van der Waals surface area contributed by atoms with Gasteiger partial charge in [-0.15, -0.1) is 0 Å². The molecular formula is C35H35FN2O6S. The van der Waals surface area contributed by atoms with Gasteiger partial charge in [-0.3, -0.25) is 9.36 Å². The lowest BCUT2D eigenvalue weighted by molar-refractivity contribution is -0.139. The van der Waals surface area contributed by atoms with Crippen molar-refractivity contribution in [2.24, 2.45) is 4.99 Å². The van der Waals surface area contributed by atoms with Crippen LogP contribution in [0.5, 0.6) is 17.2 Å². The number of allylic oxidation sites excluding steroid dienone is 1. The Kier molecular flexibility index (Phi) is 9.83. The van der Waals surface area contributed by atoms with Gasteiger partial charge in [0.2, 0.25) is 0 Å². The lowest BCUT2D eigenvalue weighted by Crippen LogP contribution is -2.40. The second-order valence-corrected chi connectivity index (χ2v) is 11.5. The molecule has 4 aromatic rings. The van der Waals surface area contributed by atoms with E-state index < -0.39 is 12.0 Å².